The number of carbonyl (C=O) groups is 2. The molecule has 0 amide bonds. The number of aromatic nitrogens is 2. The fourth-order valence-corrected chi connectivity index (χ4v) is 2.02. The summed E-state index contributed by atoms with van der Waals surface area (Å²) in [4.78, 5) is 22.7. The third-order valence-electron chi connectivity index (χ3n) is 3.09. The first-order valence-electron chi connectivity index (χ1n) is 6.16. The Labute approximate surface area is 125 Å². The van der Waals surface area contributed by atoms with Crippen molar-refractivity contribution in [2.45, 2.75) is 0 Å². The maximum absolute atomic E-state index is 11.7. The molecular formula is C14H14N2O6. The minimum Gasteiger partial charge on any atom is -0.504 e. The van der Waals surface area contributed by atoms with E-state index in [0.717, 1.165) is 0 Å². The number of nitrogens with zero attached hydrogens (tertiary/aromatic N) is 2. The molecule has 2 aromatic rings. The highest BCUT2D eigenvalue weighted by Crippen LogP contribution is 2.38. The smallest absolute Gasteiger partial charge is 0.356 e. The van der Waals surface area contributed by atoms with Gasteiger partial charge in [0.15, 0.2) is 17.2 Å². The molecule has 1 aromatic heterocycles. The second kappa shape index (κ2) is 5.76. The van der Waals surface area contributed by atoms with Gasteiger partial charge < -0.3 is 19.7 Å². The summed E-state index contributed by atoms with van der Waals surface area (Å²) in [5, 5.41) is 23.0. The summed E-state index contributed by atoms with van der Waals surface area (Å²) in [7, 11) is 4.10. The van der Waals surface area contributed by atoms with Gasteiger partial charge in [-0.05, 0) is 18.2 Å². The molecule has 0 saturated carbocycles. The first-order valence-corrected chi connectivity index (χ1v) is 6.16. The molecule has 0 saturated heterocycles. The third-order valence-corrected chi connectivity index (χ3v) is 3.09. The Balaban J connectivity index is 2.68. The molecule has 2 N–H and O–H groups in total. The maximum Gasteiger partial charge on any atom is 0.356 e. The first-order chi connectivity index (χ1) is 10.4. The Morgan fingerprint density at radius 1 is 1.23 bits per heavy atom. The van der Waals surface area contributed by atoms with E-state index in [1.54, 1.807) is 0 Å². The van der Waals surface area contributed by atoms with Gasteiger partial charge in [-0.25, -0.2) is 9.59 Å². The highest BCUT2D eigenvalue weighted by Gasteiger charge is 2.20. The van der Waals surface area contributed by atoms with Crippen LogP contribution in [-0.4, -0.2) is 46.2 Å². The molecule has 0 aliphatic heterocycles. The van der Waals surface area contributed by atoms with Crippen LogP contribution in [0.4, 0.5) is 0 Å². The number of hydrogen-bond acceptors (Lipinski definition) is 6. The van der Waals surface area contributed by atoms with Crippen molar-refractivity contribution in [1.29, 1.82) is 0 Å². The van der Waals surface area contributed by atoms with Gasteiger partial charge in [0.25, 0.3) is 0 Å². The van der Waals surface area contributed by atoms with Gasteiger partial charge in [-0.1, -0.05) is 0 Å². The SMILES string of the molecule is COC(=O)c1cc(OC)c(O)c(-c2cc(C(=O)O)nn2C)c1. The lowest BCUT2D eigenvalue weighted by molar-refractivity contribution is 0.0599. The van der Waals surface area contributed by atoms with E-state index in [-0.39, 0.29) is 28.3 Å². The van der Waals surface area contributed by atoms with Gasteiger partial charge in [0.2, 0.25) is 0 Å². The van der Waals surface area contributed by atoms with Crippen LogP contribution in [0.5, 0.6) is 11.5 Å². The number of carbonyl (C=O) groups excluding carboxylic acids is 1. The zero-order chi connectivity index (χ0) is 16.4. The number of aryl methyl sites for hydroxylation is 1. The van der Waals surface area contributed by atoms with Crippen LogP contribution < -0.4 is 4.74 Å². The van der Waals surface area contributed by atoms with Crippen LogP contribution in [0.1, 0.15) is 20.8 Å². The average molecular weight is 306 g/mol. The fourth-order valence-electron chi connectivity index (χ4n) is 2.02. The van der Waals surface area contributed by atoms with E-state index in [1.807, 2.05) is 0 Å². The second-order valence-electron chi connectivity index (χ2n) is 4.41. The lowest BCUT2D eigenvalue weighted by Gasteiger charge is -2.11. The van der Waals surface area contributed by atoms with Crippen LogP contribution >= 0.6 is 0 Å². The number of esters is 1. The van der Waals surface area contributed by atoms with Crippen LogP contribution in [0.2, 0.25) is 0 Å². The molecule has 0 radical (unpaired) electrons. The molecule has 2 rings (SSSR count). The van der Waals surface area contributed by atoms with Crippen LogP contribution in [0.25, 0.3) is 11.3 Å². The summed E-state index contributed by atoms with van der Waals surface area (Å²) >= 11 is 0. The summed E-state index contributed by atoms with van der Waals surface area (Å²) in [5.41, 5.74) is 0.505. The van der Waals surface area contributed by atoms with E-state index in [0.29, 0.717) is 5.69 Å². The van der Waals surface area contributed by atoms with Gasteiger partial charge in [0.1, 0.15) is 0 Å². The zero-order valence-corrected chi connectivity index (χ0v) is 12.2. The molecule has 0 aliphatic carbocycles. The van der Waals surface area contributed by atoms with Crippen molar-refractivity contribution in [1.82, 2.24) is 9.78 Å². The number of ether oxygens (including phenoxy) is 2. The fraction of sp³-hybridized carbons (Fsp3) is 0.214. The summed E-state index contributed by atoms with van der Waals surface area (Å²) in [5.74, 6) is -1.97. The van der Waals surface area contributed by atoms with Crippen LogP contribution in [0.3, 0.4) is 0 Å². The molecule has 1 heterocycles. The van der Waals surface area contributed by atoms with Gasteiger partial charge in [0, 0.05) is 12.6 Å². The van der Waals surface area contributed by atoms with Gasteiger partial charge in [0.05, 0.1) is 25.5 Å². The molecule has 8 heteroatoms. The van der Waals surface area contributed by atoms with E-state index >= 15 is 0 Å². The molecule has 0 spiro atoms. The number of phenolic OH excluding ortho intramolecular Hbond substituents is 1. The van der Waals surface area contributed by atoms with Gasteiger partial charge in [-0.3, -0.25) is 4.68 Å². The number of carboxylic acids is 1. The Morgan fingerprint density at radius 3 is 2.41 bits per heavy atom. The predicted octanol–water partition coefficient (Wildman–Crippen LogP) is 1.29. The summed E-state index contributed by atoms with van der Waals surface area (Å²) < 4.78 is 11.0. The number of hydrogen-bond donors (Lipinski definition) is 2. The molecule has 0 unspecified atom stereocenters. The molecular weight excluding hydrogens is 292 g/mol. The topological polar surface area (TPSA) is 111 Å². The molecule has 0 bridgehead atoms. The highest BCUT2D eigenvalue weighted by molar-refractivity contribution is 5.93. The highest BCUT2D eigenvalue weighted by atomic mass is 16.5. The van der Waals surface area contributed by atoms with Crippen molar-refractivity contribution in [2.24, 2.45) is 7.05 Å². The van der Waals surface area contributed by atoms with Gasteiger partial charge in [-0.15, -0.1) is 0 Å². The normalized spacial score (nSPS) is 10.3. The van der Waals surface area contributed by atoms with Gasteiger partial charge in [-0.2, -0.15) is 5.10 Å². The van der Waals surface area contributed by atoms with E-state index in [2.05, 4.69) is 9.84 Å². The average Bonchev–Trinajstić information content (AvgIpc) is 2.88. The largest absolute Gasteiger partial charge is 0.504 e. The lowest BCUT2D eigenvalue weighted by atomic mass is 10.1. The number of benzene rings is 1. The van der Waals surface area contributed by atoms with Crippen LogP contribution in [-0.2, 0) is 11.8 Å². The van der Waals surface area contributed by atoms with E-state index in [1.165, 1.54) is 44.1 Å². The molecule has 116 valence electrons. The summed E-state index contributed by atoms with van der Waals surface area (Å²) in [6.45, 7) is 0. The van der Waals surface area contributed by atoms with E-state index < -0.39 is 11.9 Å². The Hall–Kier alpha value is -3.03. The molecule has 22 heavy (non-hydrogen) atoms. The quantitative estimate of drug-likeness (QED) is 0.818. The van der Waals surface area contributed by atoms with Crippen molar-refractivity contribution >= 4 is 11.9 Å². The number of phenols is 1. The predicted molar refractivity (Wildman–Crippen MR) is 75.2 cm³/mol. The van der Waals surface area contributed by atoms with E-state index in [4.69, 9.17) is 9.84 Å². The molecule has 0 aliphatic rings. The Kier molecular flexibility index (Phi) is 4.02. The zero-order valence-electron chi connectivity index (χ0n) is 12.2. The number of aromatic hydroxyl groups is 1. The number of rotatable bonds is 4. The molecule has 8 nitrogen and oxygen atoms in total. The maximum atomic E-state index is 11.7. The van der Waals surface area contributed by atoms with Crippen LogP contribution in [0.15, 0.2) is 18.2 Å². The third kappa shape index (κ3) is 2.58. The summed E-state index contributed by atoms with van der Waals surface area (Å²) in [6.07, 6.45) is 0. The monoisotopic (exact) mass is 306 g/mol. The molecule has 1 aromatic carbocycles. The standard InChI is InChI=1S/C14H14N2O6/c1-16-10(6-9(15-16)13(18)19)8-4-7(14(20)22-3)5-11(21-2)12(8)17/h4-6,17H,1-3H3,(H,18,19). The Morgan fingerprint density at radius 2 is 1.91 bits per heavy atom. The Bertz CT molecular complexity index is 750. The number of aromatic carboxylic acids is 1. The van der Waals surface area contributed by atoms with Crippen molar-refractivity contribution in [3.63, 3.8) is 0 Å². The van der Waals surface area contributed by atoms with Crippen molar-refractivity contribution in [3.05, 3.63) is 29.5 Å². The van der Waals surface area contributed by atoms with Crippen molar-refractivity contribution in [3.8, 4) is 22.8 Å². The van der Waals surface area contributed by atoms with Crippen molar-refractivity contribution in [2.75, 3.05) is 14.2 Å². The van der Waals surface area contributed by atoms with Crippen LogP contribution in [0, 0.1) is 0 Å². The number of methoxy groups -OCH3 is 2. The second-order valence-corrected chi connectivity index (χ2v) is 4.41. The minimum absolute atomic E-state index is 0.0657. The lowest BCUT2D eigenvalue weighted by Crippen LogP contribution is -2.03. The molecule has 0 atom stereocenters. The van der Waals surface area contributed by atoms with Gasteiger partial charge >= 0.3 is 11.9 Å². The van der Waals surface area contributed by atoms with E-state index in [9.17, 15) is 14.7 Å². The minimum atomic E-state index is -1.20. The molecule has 0 fully saturated rings. The summed E-state index contributed by atoms with van der Waals surface area (Å²) in [6, 6.07) is 4.00. The van der Waals surface area contributed by atoms with Crippen molar-refractivity contribution < 1.29 is 29.3 Å². The number of carboxylic acid groups (broad SMARTS) is 1. The first kappa shape index (κ1) is 15.4.